The van der Waals surface area contributed by atoms with Crippen molar-refractivity contribution in [3.05, 3.63) is 23.0 Å². The summed E-state index contributed by atoms with van der Waals surface area (Å²) in [5.74, 6) is 0. The lowest BCUT2D eigenvalue weighted by molar-refractivity contribution is 0.112. The van der Waals surface area contributed by atoms with Gasteiger partial charge in [-0.15, -0.1) is 0 Å². The molecule has 0 aliphatic rings. The lowest BCUT2D eigenvalue weighted by Crippen LogP contribution is -1.89. The second-order valence-corrected chi connectivity index (χ2v) is 2.54. The predicted octanol–water partition coefficient (Wildman–Crippen LogP) is 1.45. The zero-order valence-corrected chi connectivity index (χ0v) is 6.51. The number of hydrogen-bond acceptors (Lipinski definition) is 1. The third-order valence-electron chi connectivity index (χ3n) is 1.85. The fourth-order valence-electron chi connectivity index (χ4n) is 1.11. The molecule has 0 atom stereocenters. The summed E-state index contributed by atoms with van der Waals surface area (Å²) in [5.41, 5.74) is 2.91. The van der Waals surface area contributed by atoms with E-state index in [2.05, 4.69) is 0 Å². The number of aryl methyl sites for hydroxylation is 2. The Morgan fingerprint density at radius 3 is 2.30 bits per heavy atom. The molecule has 0 N–H and O–H groups in total. The van der Waals surface area contributed by atoms with Crippen LogP contribution in [0.4, 0.5) is 0 Å². The molecule has 1 aromatic rings. The number of aldehydes is 1. The topological polar surface area (TPSA) is 22.0 Å². The van der Waals surface area contributed by atoms with Gasteiger partial charge >= 0.3 is 0 Å². The van der Waals surface area contributed by atoms with Gasteiger partial charge in [0.25, 0.3) is 0 Å². The largest absolute Gasteiger partial charge is 0.354 e. The summed E-state index contributed by atoms with van der Waals surface area (Å²) in [5, 5.41) is 0. The van der Waals surface area contributed by atoms with Crippen LogP contribution >= 0.6 is 0 Å². The Labute approximate surface area is 60.5 Å². The van der Waals surface area contributed by atoms with E-state index in [1.807, 2.05) is 31.7 Å². The van der Waals surface area contributed by atoms with Crippen molar-refractivity contribution in [2.75, 3.05) is 0 Å². The molecule has 0 fully saturated rings. The Hall–Kier alpha value is -1.05. The molecule has 0 aliphatic carbocycles. The molecule has 0 spiro atoms. The Balaban J connectivity index is 3.33. The molecule has 54 valence electrons. The quantitative estimate of drug-likeness (QED) is 0.537. The van der Waals surface area contributed by atoms with E-state index in [4.69, 9.17) is 0 Å². The van der Waals surface area contributed by atoms with Gasteiger partial charge in [-0.3, -0.25) is 4.79 Å². The number of carbonyl (C=O) groups excluding carboxylic acids is 1. The lowest BCUT2D eigenvalue weighted by Gasteiger charge is -1.93. The second-order valence-electron chi connectivity index (χ2n) is 2.54. The van der Waals surface area contributed by atoms with Gasteiger partial charge in [-0.1, -0.05) is 0 Å². The molecule has 2 nitrogen and oxygen atoms in total. The highest BCUT2D eigenvalue weighted by Gasteiger charge is 2.04. The van der Waals surface area contributed by atoms with E-state index in [0.29, 0.717) is 0 Å². The molecule has 0 amide bonds. The van der Waals surface area contributed by atoms with Gasteiger partial charge in [-0.25, -0.2) is 0 Å². The minimum absolute atomic E-state index is 0.822. The van der Waals surface area contributed by atoms with Gasteiger partial charge in [-0.2, -0.15) is 0 Å². The Morgan fingerprint density at radius 1 is 1.50 bits per heavy atom. The molecular formula is C8H11NO. The number of rotatable bonds is 1. The van der Waals surface area contributed by atoms with Gasteiger partial charge in [0.2, 0.25) is 0 Å². The Morgan fingerprint density at radius 2 is 2.10 bits per heavy atom. The van der Waals surface area contributed by atoms with Crippen molar-refractivity contribution in [3.63, 3.8) is 0 Å². The minimum Gasteiger partial charge on any atom is -0.354 e. The molecule has 0 saturated heterocycles. The van der Waals surface area contributed by atoms with Gasteiger partial charge < -0.3 is 4.57 Å². The highest BCUT2D eigenvalue weighted by atomic mass is 16.1. The highest BCUT2D eigenvalue weighted by molar-refractivity contribution is 5.78. The number of aromatic nitrogens is 1. The molecule has 0 radical (unpaired) electrons. The van der Waals surface area contributed by atoms with E-state index in [9.17, 15) is 4.79 Å². The van der Waals surface area contributed by atoms with Crippen LogP contribution in [0.3, 0.4) is 0 Å². The number of carbonyl (C=O) groups is 1. The second kappa shape index (κ2) is 2.29. The summed E-state index contributed by atoms with van der Waals surface area (Å²) in [6.07, 6.45) is 2.86. The third-order valence-corrected chi connectivity index (χ3v) is 1.85. The number of hydrogen-bond donors (Lipinski definition) is 0. The molecule has 0 aliphatic heterocycles. The summed E-state index contributed by atoms with van der Waals surface area (Å²) in [6.45, 7) is 3.88. The van der Waals surface area contributed by atoms with Crippen LogP contribution < -0.4 is 0 Å². The Kier molecular flexibility index (Phi) is 1.62. The van der Waals surface area contributed by atoms with Crippen molar-refractivity contribution in [3.8, 4) is 0 Å². The van der Waals surface area contributed by atoms with Crippen LogP contribution in [0.1, 0.15) is 21.6 Å². The van der Waals surface area contributed by atoms with E-state index < -0.39 is 0 Å². The van der Waals surface area contributed by atoms with Gasteiger partial charge in [0, 0.05) is 24.5 Å². The van der Waals surface area contributed by atoms with Crippen molar-refractivity contribution < 1.29 is 4.79 Å². The summed E-state index contributed by atoms with van der Waals surface area (Å²) in [6, 6.07) is 0. The average Bonchev–Trinajstić information content (AvgIpc) is 2.09. The van der Waals surface area contributed by atoms with Crippen molar-refractivity contribution in [2.24, 2.45) is 7.05 Å². The maximum Gasteiger partial charge on any atom is 0.152 e. The van der Waals surface area contributed by atoms with E-state index >= 15 is 0 Å². The van der Waals surface area contributed by atoms with Gasteiger partial charge in [0.1, 0.15) is 0 Å². The van der Waals surface area contributed by atoms with Crippen molar-refractivity contribution >= 4 is 6.29 Å². The fourth-order valence-corrected chi connectivity index (χ4v) is 1.11. The molecule has 0 aromatic carbocycles. The van der Waals surface area contributed by atoms with Crippen LogP contribution in [0, 0.1) is 13.8 Å². The zero-order valence-electron chi connectivity index (χ0n) is 6.51. The van der Waals surface area contributed by atoms with Gasteiger partial charge in [0.05, 0.1) is 0 Å². The predicted molar refractivity (Wildman–Crippen MR) is 40.3 cm³/mol. The van der Waals surface area contributed by atoms with Crippen LogP contribution in [0.2, 0.25) is 0 Å². The smallest absolute Gasteiger partial charge is 0.152 e. The normalized spacial score (nSPS) is 9.90. The molecule has 0 unspecified atom stereocenters. The molecule has 1 aromatic heterocycles. The van der Waals surface area contributed by atoms with Crippen LogP contribution in [0.15, 0.2) is 6.20 Å². The van der Waals surface area contributed by atoms with E-state index in [-0.39, 0.29) is 0 Å². The van der Waals surface area contributed by atoms with E-state index in [0.717, 1.165) is 23.1 Å². The summed E-state index contributed by atoms with van der Waals surface area (Å²) >= 11 is 0. The van der Waals surface area contributed by atoms with Crippen LogP contribution in [0.25, 0.3) is 0 Å². The SMILES string of the molecule is Cc1cn(C)c(C)c1C=O. The minimum atomic E-state index is 0.822. The lowest BCUT2D eigenvalue weighted by atomic mass is 10.2. The first-order chi connectivity index (χ1) is 4.66. The van der Waals surface area contributed by atoms with Crippen molar-refractivity contribution in [1.29, 1.82) is 0 Å². The molecule has 0 saturated carbocycles. The average molecular weight is 137 g/mol. The number of nitrogens with zero attached hydrogens (tertiary/aromatic N) is 1. The summed E-state index contributed by atoms with van der Waals surface area (Å²) in [4.78, 5) is 10.4. The first-order valence-corrected chi connectivity index (χ1v) is 3.24. The molecule has 1 heterocycles. The van der Waals surface area contributed by atoms with E-state index in [1.54, 1.807) is 0 Å². The molecular weight excluding hydrogens is 126 g/mol. The van der Waals surface area contributed by atoms with Crippen molar-refractivity contribution in [2.45, 2.75) is 13.8 Å². The first-order valence-electron chi connectivity index (χ1n) is 3.24. The zero-order chi connectivity index (χ0) is 7.72. The van der Waals surface area contributed by atoms with Crippen LogP contribution in [-0.2, 0) is 7.05 Å². The third kappa shape index (κ3) is 0.856. The first kappa shape index (κ1) is 7.06. The Bertz CT molecular complexity index is 260. The maximum absolute atomic E-state index is 10.4. The standard InChI is InChI=1S/C8H11NO/c1-6-4-9(3)7(2)8(6)5-10/h4-5H,1-3H3. The van der Waals surface area contributed by atoms with Crippen LogP contribution in [0.5, 0.6) is 0 Å². The monoisotopic (exact) mass is 137 g/mol. The van der Waals surface area contributed by atoms with Gasteiger partial charge in [0.15, 0.2) is 6.29 Å². The molecule has 0 bridgehead atoms. The van der Waals surface area contributed by atoms with Crippen LogP contribution in [-0.4, -0.2) is 10.9 Å². The van der Waals surface area contributed by atoms with E-state index in [1.165, 1.54) is 0 Å². The maximum atomic E-state index is 10.4. The summed E-state index contributed by atoms with van der Waals surface area (Å²) in [7, 11) is 1.94. The van der Waals surface area contributed by atoms with Gasteiger partial charge in [-0.05, 0) is 19.4 Å². The van der Waals surface area contributed by atoms with Crippen molar-refractivity contribution in [1.82, 2.24) is 4.57 Å². The molecule has 2 heteroatoms. The highest BCUT2D eigenvalue weighted by Crippen LogP contribution is 2.11. The molecule has 1 rings (SSSR count). The fraction of sp³-hybridized carbons (Fsp3) is 0.375. The molecule has 10 heavy (non-hydrogen) atoms. The summed E-state index contributed by atoms with van der Waals surface area (Å²) < 4.78 is 1.96.